The maximum Gasteiger partial charge on any atom is 0.0674 e. The van der Waals surface area contributed by atoms with Crippen molar-refractivity contribution in [3.8, 4) is 0 Å². The summed E-state index contributed by atoms with van der Waals surface area (Å²) < 4.78 is 5.54. The minimum Gasteiger partial charge on any atom is -0.376 e. The molecule has 0 saturated carbocycles. The van der Waals surface area contributed by atoms with E-state index >= 15 is 0 Å². The van der Waals surface area contributed by atoms with Gasteiger partial charge in [0.25, 0.3) is 0 Å². The van der Waals surface area contributed by atoms with E-state index in [1.807, 2.05) is 0 Å². The summed E-state index contributed by atoms with van der Waals surface area (Å²) in [4.78, 5) is 3.80. The number of hydrogen-bond acceptors (Lipinski definition) is 4. The van der Waals surface area contributed by atoms with Crippen LogP contribution in [0.25, 0.3) is 0 Å². The average molecular weight is 226 g/mol. The number of thiophene rings is 1. The van der Waals surface area contributed by atoms with Gasteiger partial charge >= 0.3 is 0 Å². The minimum absolute atomic E-state index is 0.327. The summed E-state index contributed by atoms with van der Waals surface area (Å²) in [5.74, 6) is 0. The number of ether oxygens (including phenoxy) is 1. The van der Waals surface area contributed by atoms with E-state index in [2.05, 4.69) is 29.3 Å². The van der Waals surface area contributed by atoms with Crippen molar-refractivity contribution in [1.29, 1.82) is 0 Å². The molecule has 2 heterocycles. The van der Waals surface area contributed by atoms with Crippen LogP contribution in [0.5, 0.6) is 0 Å². The Morgan fingerprint density at radius 3 is 3.20 bits per heavy atom. The zero-order chi connectivity index (χ0) is 10.7. The predicted molar refractivity (Wildman–Crippen MR) is 63.1 cm³/mol. The molecule has 1 fully saturated rings. The molecule has 1 aliphatic rings. The van der Waals surface area contributed by atoms with Crippen LogP contribution in [0.2, 0.25) is 0 Å². The van der Waals surface area contributed by atoms with Crippen LogP contribution in [0.3, 0.4) is 0 Å². The summed E-state index contributed by atoms with van der Waals surface area (Å²) in [6, 6.07) is 4.63. The van der Waals surface area contributed by atoms with Crippen molar-refractivity contribution < 1.29 is 4.74 Å². The fraction of sp³-hybridized carbons (Fsp3) is 0.636. The number of nitrogens with zero attached hydrogens (tertiary/aromatic N) is 1. The van der Waals surface area contributed by atoms with Gasteiger partial charge in [-0.2, -0.15) is 0 Å². The van der Waals surface area contributed by atoms with Gasteiger partial charge in [0.2, 0.25) is 0 Å². The van der Waals surface area contributed by atoms with Gasteiger partial charge in [0.05, 0.1) is 18.8 Å². The fourth-order valence-electron chi connectivity index (χ4n) is 2.05. The Kier molecular flexibility index (Phi) is 3.75. The first-order valence-corrected chi connectivity index (χ1v) is 6.28. The van der Waals surface area contributed by atoms with Crippen molar-refractivity contribution in [2.45, 2.75) is 19.1 Å². The SMILES string of the molecule is CC1CN(C(CN)c2cccs2)CCO1. The molecule has 3 nitrogen and oxygen atoms in total. The molecule has 4 heteroatoms. The summed E-state index contributed by atoms with van der Waals surface area (Å²) in [6.07, 6.45) is 0.327. The third kappa shape index (κ3) is 2.58. The topological polar surface area (TPSA) is 38.5 Å². The van der Waals surface area contributed by atoms with Crippen molar-refractivity contribution in [2.75, 3.05) is 26.2 Å². The number of rotatable bonds is 3. The van der Waals surface area contributed by atoms with Gasteiger partial charge in [-0.3, -0.25) is 4.90 Å². The molecule has 1 saturated heterocycles. The first kappa shape index (κ1) is 11.1. The molecule has 2 rings (SSSR count). The highest BCUT2D eigenvalue weighted by Crippen LogP contribution is 2.25. The van der Waals surface area contributed by atoms with Gasteiger partial charge in [-0.25, -0.2) is 0 Å². The zero-order valence-electron chi connectivity index (χ0n) is 9.06. The quantitative estimate of drug-likeness (QED) is 0.848. The van der Waals surface area contributed by atoms with E-state index in [1.54, 1.807) is 11.3 Å². The third-order valence-corrected chi connectivity index (χ3v) is 3.78. The molecular weight excluding hydrogens is 208 g/mol. The predicted octanol–water partition coefficient (Wildman–Crippen LogP) is 1.47. The van der Waals surface area contributed by atoms with Gasteiger partial charge in [0.1, 0.15) is 0 Å². The summed E-state index contributed by atoms with van der Waals surface area (Å²) in [7, 11) is 0. The molecule has 0 radical (unpaired) electrons. The van der Waals surface area contributed by atoms with Crippen molar-refractivity contribution in [1.82, 2.24) is 4.90 Å². The molecule has 1 aromatic rings. The molecule has 0 amide bonds. The van der Waals surface area contributed by atoms with E-state index < -0.39 is 0 Å². The van der Waals surface area contributed by atoms with Gasteiger partial charge < -0.3 is 10.5 Å². The molecule has 0 spiro atoms. The van der Waals surface area contributed by atoms with Crippen molar-refractivity contribution >= 4 is 11.3 Å². The minimum atomic E-state index is 0.327. The Hall–Kier alpha value is -0.420. The number of nitrogens with two attached hydrogens (primary N) is 1. The van der Waals surface area contributed by atoms with Gasteiger partial charge in [-0.1, -0.05) is 6.07 Å². The van der Waals surface area contributed by atoms with Gasteiger partial charge in [0.15, 0.2) is 0 Å². The maximum atomic E-state index is 5.86. The lowest BCUT2D eigenvalue weighted by Crippen LogP contribution is -2.44. The molecule has 0 aliphatic carbocycles. The summed E-state index contributed by atoms with van der Waals surface area (Å²) >= 11 is 1.79. The Labute approximate surface area is 94.8 Å². The van der Waals surface area contributed by atoms with Gasteiger partial charge in [-0.15, -0.1) is 11.3 Å². The summed E-state index contributed by atoms with van der Waals surface area (Å²) in [5, 5.41) is 2.11. The zero-order valence-corrected chi connectivity index (χ0v) is 9.87. The maximum absolute atomic E-state index is 5.86. The van der Waals surface area contributed by atoms with E-state index in [0.717, 1.165) is 19.7 Å². The molecule has 2 unspecified atom stereocenters. The smallest absolute Gasteiger partial charge is 0.0674 e. The molecular formula is C11H18N2OS. The third-order valence-electron chi connectivity index (χ3n) is 2.81. The normalized spacial score (nSPS) is 25.3. The van der Waals surface area contributed by atoms with Crippen LogP contribution in [-0.2, 0) is 4.74 Å². The monoisotopic (exact) mass is 226 g/mol. The second-order valence-corrected chi connectivity index (χ2v) is 4.92. The largest absolute Gasteiger partial charge is 0.376 e. The van der Waals surface area contributed by atoms with Crippen LogP contribution >= 0.6 is 11.3 Å². The highest BCUT2D eigenvalue weighted by atomic mass is 32.1. The van der Waals surface area contributed by atoms with Gasteiger partial charge in [-0.05, 0) is 18.4 Å². The van der Waals surface area contributed by atoms with E-state index in [-0.39, 0.29) is 0 Å². The molecule has 84 valence electrons. The lowest BCUT2D eigenvalue weighted by atomic mass is 10.1. The summed E-state index contributed by atoms with van der Waals surface area (Å²) in [5.41, 5.74) is 5.86. The van der Waals surface area contributed by atoms with E-state index in [1.165, 1.54) is 4.88 Å². The highest BCUT2D eigenvalue weighted by Gasteiger charge is 2.24. The molecule has 0 bridgehead atoms. The Morgan fingerprint density at radius 2 is 2.60 bits per heavy atom. The molecule has 1 aliphatic heterocycles. The molecule has 0 aromatic carbocycles. The van der Waals surface area contributed by atoms with E-state index in [4.69, 9.17) is 10.5 Å². The number of hydrogen-bond donors (Lipinski definition) is 1. The number of morpholine rings is 1. The van der Waals surface area contributed by atoms with Crippen LogP contribution in [0.4, 0.5) is 0 Å². The average Bonchev–Trinajstić information content (AvgIpc) is 2.72. The molecule has 1 aromatic heterocycles. The van der Waals surface area contributed by atoms with Crippen LogP contribution in [-0.4, -0.2) is 37.2 Å². The Bertz CT molecular complexity index is 289. The molecule has 15 heavy (non-hydrogen) atoms. The van der Waals surface area contributed by atoms with Crippen LogP contribution in [0.1, 0.15) is 17.8 Å². The van der Waals surface area contributed by atoms with Crippen molar-refractivity contribution in [3.63, 3.8) is 0 Å². The van der Waals surface area contributed by atoms with Crippen LogP contribution in [0.15, 0.2) is 17.5 Å². The van der Waals surface area contributed by atoms with Crippen LogP contribution < -0.4 is 5.73 Å². The Balaban J connectivity index is 2.06. The van der Waals surface area contributed by atoms with Gasteiger partial charge in [0, 0.05) is 24.5 Å². The first-order chi connectivity index (χ1) is 7.31. The molecule has 2 N–H and O–H groups in total. The van der Waals surface area contributed by atoms with Crippen molar-refractivity contribution in [2.24, 2.45) is 5.73 Å². The second-order valence-electron chi connectivity index (χ2n) is 3.94. The van der Waals surface area contributed by atoms with Crippen LogP contribution in [0, 0.1) is 0 Å². The highest BCUT2D eigenvalue weighted by molar-refractivity contribution is 7.10. The standard InChI is InChI=1S/C11H18N2OS/c1-9-8-13(4-5-14-9)10(7-12)11-3-2-6-15-11/h2-3,6,9-10H,4-5,7-8,12H2,1H3. The lowest BCUT2D eigenvalue weighted by Gasteiger charge is -2.36. The van der Waals surface area contributed by atoms with E-state index in [9.17, 15) is 0 Å². The molecule has 2 atom stereocenters. The summed E-state index contributed by atoms with van der Waals surface area (Å²) in [6.45, 7) is 5.61. The first-order valence-electron chi connectivity index (χ1n) is 5.40. The van der Waals surface area contributed by atoms with Crippen molar-refractivity contribution in [3.05, 3.63) is 22.4 Å². The van der Waals surface area contributed by atoms with E-state index in [0.29, 0.717) is 18.7 Å². The lowest BCUT2D eigenvalue weighted by molar-refractivity contribution is -0.0328. The second kappa shape index (κ2) is 5.07. The Morgan fingerprint density at radius 1 is 1.73 bits per heavy atom. The fourth-order valence-corrected chi connectivity index (χ4v) is 2.93.